The molecule has 1 rings (SSSR count). The van der Waals surface area contributed by atoms with Crippen molar-refractivity contribution in [3.05, 3.63) is 0 Å². The average Bonchev–Trinajstić information content (AvgIpc) is 2.31. The van der Waals surface area contributed by atoms with Crippen LogP contribution in [-0.4, -0.2) is 66.1 Å². The molecule has 0 spiro atoms. The SMILES string of the molecule is CCN(C(C)CN(C)C)C1(CN)CCCSC1C. The van der Waals surface area contributed by atoms with E-state index in [1.54, 1.807) is 0 Å². The maximum atomic E-state index is 6.21. The predicted molar refractivity (Wildman–Crippen MR) is 83.3 cm³/mol. The van der Waals surface area contributed by atoms with Crippen molar-refractivity contribution in [3.8, 4) is 0 Å². The van der Waals surface area contributed by atoms with Gasteiger partial charge in [0.1, 0.15) is 0 Å². The average molecular weight is 273 g/mol. The molecule has 3 unspecified atom stereocenters. The quantitative estimate of drug-likeness (QED) is 0.801. The second-order valence-corrected chi connectivity index (χ2v) is 7.27. The first-order valence-electron chi connectivity index (χ1n) is 7.21. The fourth-order valence-corrected chi connectivity index (χ4v) is 4.78. The molecule has 1 saturated heterocycles. The van der Waals surface area contributed by atoms with Crippen LogP contribution >= 0.6 is 11.8 Å². The van der Waals surface area contributed by atoms with E-state index < -0.39 is 0 Å². The highest BCUT2D eigenvalue weighted by atomic mass is 32.2. The van der Waals surface area contributed by atoms with Crippen molar-refractivity contribution in [1.82, 2.24) is 9.80 Å². The summed E-state index contributed by atoms with van der Waals surface area (Å²) in [5.41, 5.74) is 6.41. The highest BCUT2D eigenvalue weighted by Gasteiger charge is 2.43. The van der Waals surface area contributed by atoms with Gasteiger partial charge in [-0.3, -0.25) is 4.90 Å². The molecule has 1 fully saturated rings. The zero-order valence-corrected chi connectivity index (χ0v) is 13.6. The Morgan fingerprint density at radius 3 is 2.56 bits per heavy atom. The van der Waals surface area contributed by atoms with Crippen LogP contribution in [0.4, 0.5) is 0 Å². The summed E-state index contributed by atoms with van der Waals surface area (Å²) in [4.78, 5) is 4.93. The van der Waals surface area contributed by atoms with Gasteiger partial charge in [-0.2, -0.15) is 11.8 Å². The highest BCUT2D eigenvalue weighted by molar-refractivity contribution is 8.00. The second kappa shape index (κ2) is 7.13. The minimum atomic E-state index is 0.201. The molecule has 18 heavy (non-hydrogen) atoms. The third-order valence-corrected chi connectivity index (χ3v) is 5.77. The van der Waals surface area contributed by atoms with Crippen LogP contribution in [0.2, 0.25) is 0 Å². The summed E-state index contributed by atoms with van der Waals surface area (Å²) in [5, 5.41) is 0.640. The standard InChI is InChI=1S/C14H31N3S/c1-6-17(12(2)10-16(4)5)14(11-15)8-7-9-18-13(14)3/h12-13H,6-11,15H2,1-5H3. The normalized spacial score (nSPS) is 31.0. The van der Waals surface area contributed by atoms with Crippen molar-refractivity contribution in [1.29, 1.82) is 0 Å². The van der Waals surface area contributed by atoms with Gasteiger partial charge in [0.15, 0.2) is 0 Å². The molecule has 0 bridgehead atoms. The maximum Gasteiger partial charge on any atom is 0.0450 e. The van der Waals surface area contributed by atoms with Crippen molar-refractivity contribution in [3.63, 3.8) is 0 Å². The molecule has 1 aliphatic rings. The van der Waals surface area contributed by atoms with Gasteiger partial charge >= 0.3 is 0 Å². The van der Waals surface area contributed by atoms with Gasteiger partial charge in [-0.05, 0) is 46.2 Å². The molecule has 3 nitrogen and oxygen atoms in total. The van der Waals surface area contributed by atoms with Crippen LogP contribution in [0.15, 0.2) is 0 Å². The van der Waals surface area contributed by atoms with Crippen LogP contribution < -0.4 is 5.73 Å². The number of rotatable bonds is 6. The van der Waals surface area contributed by atoms with E-state index in [1.807, 2.05) is 0 Å². The number of hydrogen-bond donors (Lipinski definition) is 1. The van der Waals surface area contributed by atoms with E-state index in [1.165, 1.54) is 18.6 Å². The summed E-state index contributed by atoms with van der Waals surface area (Å²) in [7, 11) is 4.30. The van der Waals surface area contributed by atoms with Crippen LogP contribution in [0.3, 0.4) is 0 Å². The minimum absolute atomic E-state index is 0.201. The Morgan fingerprint density at radius 2 is 2.11 bits per heavy atom. The molecule has 1 aliphatic heterocycles. The maximum absolute atomic E-state index is 6.21. The summed E-state index contributed by atoms with van der Waals surface area (Å²) in [5.74, 6) is 1.29. The van der Waals surface area contributed by atoms with E-state index in [9.17, 15) is 0 Å². The molecule has 0 saturated carbocycles. The summed E-state index contributed by atoms with van der Waals surface area (Å²) in [6.07, 6.45) is 2.56. The fourth-order valence-electron chi connectivity index (χ4n) is 3.45. The number of hydrogen-bond acceptors (Lipinski definition) is 4. The van der Waals surface area contributed by atoms with Gasteiger partial charge in [0.25, 0.3) is 0 Å². The molecule has 4 heteroatoms. The Labute approximate surface area is 117 Å². The Hall–Kier alpha value is 0.230. The van der Waals surface area contributed by atoms with E-state index in [2.05, 4.69) is 56.4 Å². The van der Waals surface area contributed by atoms with Gasteiger partial charge in [-0.1, -0.05) is 13.8 Å². The lowest BCUT2D eigenvalue weighted by molar-refractivity contribution is 0.0396. The third kappa shape index (κ3) is 3.41. The first-order valence-corrected chi connectivity index (χ1v) is 8.26. The van der Waals surface area contributed by atoms with Crippen LogP contribution in [0.5, 0.6) is 0 Å². The van der Waals surface area contributed by atoms with Crippen molar-refractivity contribution < 1.29 is 0 Å². The van der Waals surface area contributed by atoms with Gasteiger partial charge < -0.3 is 10.6 Å². The molecule has 0 amide bonds. The van der Waals surface area contributed by atoms with Gasteiger partial charge in [0.05, 0.1) is 0 Å². The highest BCUT2D eigenvalue weighted by Crippen LogP contribution is 2.38. The zero-order chi connectivity index (χ0) is 13.8. The molecule has 2 N–H and O–H groups in total. The summed E-state index contributed by atoms with van der Waals surface area (Å²) in [6.45, 7) is 9.96. The van der Waals surface area contributed by atoms with E-state index in [0.29, 0.717) is 11.3 Å². The van der Waals surface area contributed by atoms with Gasteiger partial charge in [0.2, 0.25) is 0 Å². The molecule has 3 atom stereocenters. The smallest absolute Gasteiger partial charge is 0.0450 e. The first-order chi connectivity index (χ1) is 8.47. The Morgan fingerprint density at radius 1 is 1.44 bits per heavy atom. The Bertz CT molecular complexity index is 247. The molecule has 1 heterocycles. The number of nitrogens with two attached hydrogens (primary N) is 1. The lowest BCUT2D eigenvalue weighted by Crippen LogP contribution is -2.64. The fraction of sp³-hybridized carbons (Fsp3) is 1.00. The van der Waals surface area contributed by atoms with Gasteiger partial charge in [-0.15, -0.1) is 0 Å². The summed E-state index contributed by atoms with van der Waals surface area (Å²) in [6, 6.07) is 0.565. The lowest BCUT2D eigenvalue weighted by Gasteiger charge is -2.52. The molecule has 108 valence electrons. The molecule has 0 aromatic carbocycles. The molecule has 0 radical (unpaired) electrons. The van der Waals surface area contributed by atoms with Crippen LogP contribution in [0.25, 0.3) is 0 Å². The molecule has 0 aliphatic carbocycles. The monoisotopic (exact) mass is 273 g/mol. The van der Waals surface area contributed by atoms with Crippen molar-refractivity contribution in [2.75, 3.05) is 39.5 Å². The molecular weight excluding hydrogens is 242 g/mol. The van der Waals surface area contributed by atoms with Crippen molar-refractivity contribution in [2.24, 2.45) is 5.73 Å². The predicted octanol–water partition coefficient (Wildman–Crippen LogP) is 1.87. The molecule has 0 aromatic heterocycles. The Kier molecular flexibility index (Phi) is 6.45. The third-order valence-electron chi connectivity index (χ3n) is 4.31. The number of thioether (sulfide) groups is 1. The number of likely N-dealkylation sites (N-methyl/N-ethyl adjacent to an activating group) is 2. The summed E-state index contributed by atoms with van der Waals surface area (Å²) < 4.78 is 0. The van der Waals surface area contributed by atoms with Crippen molar-refractivity contribution >= 4 is 11.8 Å². The first kappa shape index (κ1) is 16.3. The lowest BCUT2D eigenvalue weighted by atomic mass is 9.86. The number of nitrogens with zero attached hydrogens (tertiary/aromatic N) is 2. The van der Waals surface area contributed by atoms with Crippen LogP contribution in [0, 0.1) is 0 Å². The van der Waals surface area contributed by atoms with E-state index in [0.717, 1.165) is 19.6 Å². The largest absolute Gasteiger partial charge is 0.329 e. The van der Waals surface area contributed by atoms with E-state index >= 15 is 0 Å². The second-order valence-electron chi connectivity index (χ2n) is 5.82. The Balaban J connectivity index is 2.87. The molecule has 0 aromatic rings. The van der Waals surface area contributed by atoms with E-state index in [4.69, 9.17) is 5.73 Å². The molecular formula is C14H31N3S. The van der Waals surface area contributed by atoms with E-state index in [-0.39, 0.29) is 5.54 Å². The zero-order valence-electron chi connectivity index (χ0n) is 12.8. The topological polar surface area (TPSA) is 32.5 Å². The van der Waals surface area contributed by atoms with Gasteiger partial charge in [-0.25, -0.2) is 0 Å². The summed E-state index contributed by atoms with van der Waals surface area (Å²) >= 11 is 2.09. The minimum Gasteiger partial charge on any atom is -0.329 e. The van der Waals surface area contributed by atoms with Crippen LogP contribution in [0.1, 0.15) is 33.6 Å². The van der Waals surface area contributed by atoms with Gasteiger partial charge in [0, 0.05) is 29.9 Å². The van der Waals surface area contributed by atoms with Crippen molar-refractivity contribution in [2.45, 2.75) is 50.4 Å². The van der Waals surface area contributed by atoms with Crippen LogP contribution in [-0.2, 0) is 0 Å².